The second kappa shape index (κ2) is 1.96. The van der Waals surface area contributed by atoms with Gasteiger partial charge in [0.25, 0.3) is 0 Å². The van der Waals surface area contributed by atoms with E-state index < -0.39 is 0 Å². The molecule has 0 saturated carbocycles. The van der Waals surface area contributed by atoms with E-state index in [1.807, 2.05) is 0 Å². The van der Waals surface area contributed by atoms with Crippen LogP contribution in [0.3, 0.4) is 0 Å². The van der Waals surface area contributed by atoms with Crippen molar-refractivity contribution >= 4 is 17.8 Å². The Labute approximate surface area is 36.5 Å². The normalized spacial score (nSPS) is 6.60. The summed E-state index contributed by atoms with van der Waals surface area (Å²) in [6.45, 7) is 0. The van der Waals surface area contributed by atoms with Gasteiger partial charge in [-0.2, -0.15) is 0 Å². The molecule has 0 unspecified atom stereocenters. The summed E-state index contributed by atoms with van der Waals surface area (Å²) in [6.07, 6.45) is 0. The molecule has 0 aromatic heterocycles. The Balaban J connectivity index is 2.85. The van der Waals surface area contributed by atoms with E-state index >= 15 is 0 Å². The summed E-state index contributed by atoms with van der Waals surface area (Å²) >= 11 is 4.25. The number of rotatable bonds is 0. The van der Waals surface area contributed by atoms with E-state index in [1.165, 1.54) is 0 Å². The summed E-state index contributed by atoms with van der Waals surface area (Å²) in [7, 11) is 1.62. The Kier molecular flexibility index (Phi) is 1.84. The lowest BCUT2D eigenvalue weighted by Gasteiger charge is -1.81. The third kappa shape index (κ3) is 3.69. The number of hydrogen-bond acceptors (Lipinski definition) is 1. The Hall–Kier alpha value is -0.310. The largest absolute Gasteiger partial charge is 0.364 e. The van der Waals surface area contributed by atoms with E-state index in [2.05, 4.69) is 17.9 Å². The Morgan fingerprint density at radius 3 is 2.20 bits per heavy atom. The van der Waals surface area contributed by atoms with Gasteiger partial charge in [0, 0.05) is 7.05 Å². The van der Waals surface area contributed by atoms with Gasteiger partial charge in [-0.15, -0.1) is 0 Å². The minimum absolute atomic E-state index is 0.0880. The lowest BCUT2D eigenvalue weighted by Crippen LogP contribution is -2.08. The standard InChI is InChI=1S/C2H5N2S/c1-4-2(3)5/h1H3,(H2,3,4). The van der Waals surface area contributed by atoms with Crippen molar-refractivity contribution in [1.29, 1.82) is 5.41 Å². The second-order valence-corrected chi connectivity index (χ2v) is 0.987. The van der Waals surface area contributed by atoms with E-state index in [-0.39, 0.29) is 5.17 Å². The summed E-state index contributed by atoms with van der Waals surface area (Å²) in [4.78, 5) is 0. The highest BCUT2D eigenvalue weighted by molar-refractivity contribution is 7.96. The third-order valence-electron chi connectivity index (χ3n) is 0.227. The average Bonchev–Trinajstić information content (AvgIpc) is 1.38. The summed E-state index contributed by atoms with van der Waals surface area (Å²) in [6, 6.07) is 0. The van der Waals surface area contributed by atoms with E-state index in [4.69, 9.17) is 5.41 Å². The van der Waals surface area contributed by atoms with Gasteiger partial charge in [0.05, 0.1) is 0 Å². The molecule has 0 aliphatic rings. The van der Waals surface area contributed by atoms with Crippen LogP contribution in [0.4, 0.5) is 0 Å². The van der Waals surface area contributed by atoms with Crippen LogP contribution < -0.4 is 5.32 Å². The first-order valence-electron chi connectivity index (χ1n) is 1.20. The van der Waals surface area contributed by atoms with Gasteiger partial charge in [0.2, 0.25) is 0 Å². The van der Waals surface area contributed by atoms with E-state index in [0.29, 0.717) is 0 Å². The van der Waals surface area contributed by atoms with E-state index in [1.54, 1.807) is 7.05 Å². The molecule has 2 nitrogen and oxygen atoms in total. The van der Waals surface area contributed by atoms with Crippen molar-refractivity contribution in [2.45, 2.75) is 0 Å². The number of amidine groups is 1. The van der Waals surface area contributed by atoms with Crippen LogP contribution in [0.2, 0.25) is 0 Å². The quantitative estimate of drug-likeness (QED) is 0.326. The fraction of sp³-hybridized carbons (Fsp3) is 0.500. The lowest BCUT2D eigenvalue weighted by atomic mass is 11.2. The van der Waals surface area contributed by atoms with Crippen LogP contribution in [0, 0.1) is 5.41 Å². The van der Waals surface area contributed by atoms with Gasteiger partial charge >= 0.3 is 0 Å². The maximum atomic E-state index is 6.45. The topological polar surface area (TPSA) is 35.9 Å². The number of hydrogen-bond donors (Lipinski definition) is 2. The van der Waals surface area contributed by atoms with Crippen LogP contribution in [-0.4, -0.2) is 12.2 Å². The molecular weight excluding hydrogens is 84.1 g/mol. The fourth-order valence-electron chi connectivity index (χ4n) is 0. The highest BCUT2D eigenvalue weighted by atomic mass is 32.1. The van der Waals surface area contributed by atoms with Crippen LogP contribution >= 0.6 is 12.6 Å². The first kappa shape index (κ1) is 4.69. The van der Waals surface area contributed by atoms with Gasteiger partial charge < -0.3 is 5.32 Å². The Morgan fingerprint density at radius 2 is 2.20 bits per heavy atom. The Bertz CT molecular complexity index is 42.9. The van der Waals surface area contributed by atoms with Crippen LogP contribution in [0.1, 0.15) is 0 Å². The van der Waals surface area contributed by atoms with Crippen molar-refractivity contribution in [2.75, 3.05) is 7.05 Å². The molecule has 0 fully saturated rings. The van der Waals surface area contributed by atoms with Crippen LogP contribution in [0.5, 0.6) is 0 Å². The van der Waals surface area contributed by atoms with Crippen LogP contribution in [0.25, 0.3) is 0 Å². The van der Waals surface area contributed by atoms with Crippen LogP contribution in [0.15, 0.2) is 0 Å². The monoisotopic (exact) mass is 89.0 g/mol. The van der Waals surface area contributed by atoms with Crippen LogP contribution in [-0.2, 0) is 0 Å². The van der Waals surface area contributed by atoms with Crippen molar-refractivity contribution in [1.82, 2.24) is 5.32 Å². The molecule has 0 saturated heterocycles. The van der Waals surface area contributed by atoms with Gasteiger partial charge in [-0.05, 0) is 12.6 Å². The molecule has 0 spiro atoms. The third-order valence-corrected chi connectivity index (χ3v) is 0.431. The van der Waals surface area contributed by atoms with Crippen molar-refractivity contribution in [3.63, 3.8) is 0 Å². The van der Waals surface area contributed by atoms with Crippen molar-refractivity contribution in [2.24, 2.45) is 0 Å². The van der Waals surface area contributed by atoms with E-state index in [9.17, 15) is 0 Å². The highest BCUT2D eigenvalue weighted by Gasteiger charge is 1.70. The number of nitrogens with one attached hydrogen (secondary N) is 2. The molecule has 0 atom stereocenters. The molecule has 0 rings (SSSR count). The summed E-state index contributed by atoms with van der Waals surface area (Å²) < 4.78 is 0. The minimum Gasteiger partial charge on any atom is -0.364 e. The molecule has 0 aliphatic heterocycles. The summed E-state index contributed by atoms with van der Waals surface area (Å²) in [5.74, 6) is 0. The highest BCUT2D eigenvalue weighted by Crippen LogP contribution is 1.63. The zero-order valence-corrected chi connectivity index (χ0v) is 3.72. The van der Waals surface area contributed by atoms with Gasteiger partial charge in [-0.25, -0.2) is 0 Å². The first-order valence-corrected chi connectivity index (χ1v) is 1.61. The predicted octanol–water partition coefficient (Wildman–Crippen LogP) is 0.338. The van der Waals surface area contributed by atoms with Gasteiger partial charge in [0.15, 0.2) is 5.17 Å². The molecule has 0 bridgehead atoms. The van der Waals surface area contributed by atoms with Crippen molar-refractivity contribution < 1.29 is 0 Å². The maximum Gasteiger partial charge on any atom is 0.184 e. The first-order chi connectivity index (χ1) is 2.27. The van der Waals surface area contributed by atoms with Gasteiger partial charge in [0.1, 0.15) is 0 Å². The van der Waals surface area contributed by atoms with Gasteiger partial charge in [-0.1, -0.05) is 0 Å². The molecule has 0 aromatic carbocycles. The molecule has 29 valence electrons. The molecular formula is C2H5N2S. The zero-order valence-electron chi connectivity index (χ0n) is 2.91. The molecule has 0 heterocycles. The summed E-state index contributed by atoms with van der Waals surface area (Å²) in [5.41, 5.74) is 0. The molecule has 5 heavy (non-hydrogen) atoms. The molecule has 0 aromatic rings. The molecule has 0 amide bonds. The molecule has 0 aliphatic carbocycles. The average molecular weight is 89.1 g/mol. The molecule has 3 heteroatoms. The van der Waals surface area contributed by atoms with Crippen molar-refractivity contribution in [3.05, 3.63) is 0 Å². The molecule has 1 radical (unpaired) electrons. The van der Waals surface area contributed by atoms with Gasteiger partial charge in [-0.3, -0.25) is 5.41 Å². The lowest BCUT2D eigenvalue weighted by molar-refractivity contribution is 1.18. The zero-order chi connectivity index (χ0) is 4.28. The summed E-state index contributed by atoms with van der Waals surface area (Å²) in [5, 5.41) is 8.96. The maximum absolute atomic E-state index is 6.45. The Morgan fingerprint density at radius 1 is 2.00 bits per heavy atom. The smallest absolute Gasteiger partial charge is 0.184 e. The SMILES string of the molecule is CNC(=N)[S]. The minimum atomic E-state index is 0.0880. The second-order valence-electron chi connectivity index (χ2n) is 0.579. The van der Waals surface area contributed by atoms with Crippen molar-refractivity contribution in [3.8, 4) is 0 Å². The van der Waals surface area contributed by atoms with E-state index in [0.717, 1.165) is 0 Å². The fourth-order valence-corrected chi connectivity index (χ4v) is 0. The predicted molar refractivity (Wildman–Crippen MR) is 24.4 cm³/mol. The molecule has 2 N–H and O–H groups in total.